The molecule has 2 aromatic carbocycles. The van der Waals surface area contributed by atoms with Crippen LogP contribution in [0.15, 0.2) is 54.6 Å². The Kier molecular flexibility index (Phi) is 8.66. The minimum atomic E-state index is -0.115. The number of carbonyl (C=O) groups excluding carboxylic acids is 1. The van der Waals surface area contributed by atoms with Gasteiger partial charge in [0, 0.05) is 0 Å². The monoisotopic (exact) mass is 439 g/mol. The van der Waals surface area contributed by atoms with Gasteiger partial charge in [-0.15, -0.1) is 0 Å². The van der Waals surface area contributed by atoms with E-state index >= 15 is 0 Å². The van der Waals surface area contributed by atoms with Crippen LogP contribution >= 0.6 is 0 Å². The number of rotatable bonds is 10. The minimum absolute atomic E-state index is 0.101. The summed E-state index contributed by atoms with van der Waals surface area (Å²) in [6.07, 6.45) is 3.31. The predicted octanol–water partition coefficient (Wildman–Crippen LogP) is 1.32. The molecular formula is C20H24IO3-. The fourth-order valence-corrected chi connectivity index (χ4v) is 4.38. The van der Waals surface area contributed by atoms with Crippen molar-refractivity contribution in [1.29, 1.82) is 0 Å². The van der Waals surface area contributed by atoms with E-state index in [0.717, 1.165) is 25.0 Å². The first kappa shape index (κ1) is 18.8. The molecule has 0 unspecified atom stereocenters. The van der Waals surface area contributed by atoms with Crippen LogP contribution in [0.25, 0.3) is 0 Å². The normalized spacial score (nSPS) is 10.5. The van der Waals surface area contributed by atoms with E-state index in [1.165, 1.54) is 7.14 Å². The zero-order valence-corrected chi connectivity index (χ0v) is 16.2. The molecule has 0 aromatic heterocycles. The number of esters is 1. The van der Waals surface area contributed by atoms with Gasteiger partial charge in [0.15, 0.2) is 0 Å². The third kappa shape index (κ3) is 7.34. The Morgan fingerprint density at radius 1 is 0.917 bits per heavy atom. The first-order valence-corrected chi connectivity index (χ1v) is 10.5. The molecular weight excluding hydrogens is 415 g/mol. The van der Waals surface area contributed by atoms with Crippen molar-refractivity contribution in [3.8, 4) is 5.75 Å². The molecule has 0 heterocycles. The maximum atomic E-state index is 11.2. The van der Waals surface area contributed by atoms with E-state index < -0.39 is 0 Å². The predicted molar refractivity (Wildman–Crippen MR) is 90.9 cm³/mol. The van der Waals surface area contributed by atoms with Crippen molar-refractivity contribution in [3.63, 3.8) is 0 Å². The van der Waals surface area contributed by atoms with Gasteiger partial charge in [-0.3, -0.25) is 0 Å². The Morgan fingerprint density at radius 2 is 1.62 bits per heavy atom. The molecule has 130 valence electrons. The average Bonchev–Trinajstić information content (AvgIpc) is 2.60. The van der Waals surface area contributed by atoms with E-state index in [1.54, 1.807) is 0 Å². The summed E-state index contributed by atoms with van der Waals surface area (Å²) in [5.41, 5.74) is 0. The second kappa shape index (κ2) is 11.1. The van der Waals surface area contributed by atoms with Gasteiger partial charge < -0.3 is 0 Å². The number of carbonyl (C=O) groups is 1. The van der Waals surface area contributed by atoms with E-state index in [4.69, 9.17) is 9.47 Å². The molecule has 0 saturated carbocycles. The van der Waals surface area contributed by atoms with Crippen LogP contribution < -0.4 is 25.9 Å². The molecule has 0 spiro atoms. The van der Waals surface area contributed by atoms with E-state index in [1.807, 2.05) is 6.92 Å². The molecule has 0 bridgehead atoms. The number of unbranched alkanes of at least 4 members (excludes halogenated alkanes) is 2. The van der Waals surface area contributed by atoms with Crippen molar-refractivity contribution < 1.29 is 35.5 Å². The topological polar surface area (TPSA) is 35.5 Å². The Balaban J connectivity index is 1.63. The molecule has 0 amide bonds. The van der Waals surface area contributed by atoms with Crippen LogP contribution in [0.1, 0.15) is 32.6 Å². The van der Waals surface area contributed by atoms with Crippen molar-refractivity contribution in [2.75, 3.05) is 13.2 Å². The van der Waals surface area contributed by atoms with Crippen LogP contribution in [0.4, 0.5) is 0 Å². The van der Waals surface area contributed by atoms with E-state index in [0.29, 0.717) is 19.6 Å². The molecule has 0 atom stereocenters. The number of ether oxygens (including phenoxy) is 2. The summed E-state index contributed by atoms with van der Waals surface area (Å²) < 4.78 is 13.5. The molecule has 0 saturated heterocycles. The van der Waals surface area contributed by atoms with Gasteiger partial charge in [0.05, 0.1) is 6.61 Å². The third-order valence-electron chi connectivity index (χ3n) is 3.36. The second-order valence-corrected chi connectivity index (χ2v) is 8.34. The van der Waals surface area contributed by atoms with Crippen LogP contribution in [-0.2, 0) is 9.53 Å². The van der Waals surface area contributed by atoms with Crippen molar-refractivity contribution in [2.24, 2.45) is 0 Å². The van der Waals surface area contributed by atoms with Crippen molar-refractivity contribution in [2.45, 2.75) is 32.6 Å². The molecule has 0 aliphatic rings. The maximum absolute atomic E-state index is 11.2. The number of hydrogen-bond donors (Lipinski definition) is 0. The molecule has 0 N–H and O–H groups in total. The summed E-state index contributed by atoms with van der Waals surface area (Å²) in [5, 5.41) is 0. The van der Waals surface area contributed by atoms with Gasteiger partial charge in [-0.25, -0.2) is 0 Å². The van der Waals surface area contributed by atoms with E-state index in [-0.39, 0.29) is 27.2 Å². The van der Waals surface area contributed by atoms with Crippen LogP contribution in [-0.4, -0.2) is 19.2 Å². The van der Waals surface area contributed by atoms with Gasteiger partial charge in [0.2, 0.25) is 0 Å². The van der Waals surface area contributed by atoms with Gasteiger partial charge in [-0.2, -0.15) is 0 Å². The zero-order chi connectivity index (χ0) is 17.0. The first-order valence-electron chi connectivity index (χ1n) is 8.36. The summed E-state index contributed by atoms with van der Waals surface area (Å²) in [6, 6.07) is 19.0. The van der Waals surface area contributed by atoms with E-state index in [9.17, 15) is 4.79 Å². The summed E-state index contributed by atoms with van der Waals surface area (Å²) in [4.78, 5) is 11.2. The third-order valence-corrected chi connectivity index (χ3v) is 6.05. The van der Waals surface area contributed by atoms with Gasteiger partial charge in [0.1, 0.15) is 0 Å². The second-order valence-electron chi connectivity index (χ2n) is 5.31. The van der Waals surface area contributed by atoms with Crippen LogP contribution in [0, 0.1) is 7.14 Å². The fraction of sp³-hybridized carbons (Fsp3) is 0.350. The summed E-state index contributed by atoms with van der Waals surface area (Å²) in [5.74, 6) is 0.817. The molecule has 24 heavy (non-hydrogen) atoms. The van der Waals surface area contributed by atoms with Crippen molar-refractivity contribution in [3.05, 3.63) is 61.7 Å². The van der Waals surface area contributed by atoms with Crippen LogP contribution in [0.2, 0.25) is 0 Å². The first-order chi connectivity index (χ1) is 11.8. The molecule has 4 heteroatoms. The molecule has 0 radical (unpaired) electrons. The SMILES string of the molecule is CCOC(=O)CCCCCOc1ccc([I-]c2ccccc2)cc1. The van der Waals surface area contributed by atoms with Crippen molar-refractivity contribution >= 4 is 5.97 Å². The summed E-state index contributed by atoms with van der Waals surface area (Å²) in [7, 11) is 0. The Morgan fingerprint density at radius 3 is 2.33 bits per heavy atom. The molecule has 0 aliphatic carbocycles. The Labute approximate surface area is 154 Å². The molecule has 0 fully saturated rings. The van der Waals surface area contributed by atoms with Gasteiger partial charge in [-0.05, 0) is 6.92 Å². The molecule has 2 aromatic rings. The summed E-state index contributed by atoms with van der Waals surface area (Å²) in [6.45, 7) is 2.99. The summed E-state index contributed by atoms with van der Waals surface area (Å²) >= 11 is -0.115. The number of halogens is 1. The zero-order valence-electron chi connectivity index (χ0n) is 14.0. The quantitative estimate of drug-likeness (QED) is 0.318. The molecule has 3 nitrogen and oxygen atoms in total. The average molecular weight is 439 g/mol. The number of hydrogen-bond acceptors (Lipinski definition) is 3. The Hall–Kier alpha value is -1.56. The van der Waals surface area contributed by atoms with E-state index in [2.05, 4.69) is 54.6 Å². The molecule has 0 aliphatic heterocycles. The Bertz CT molecular complexity index is 596. The van der Waals surface area contributed by atoms with Crippen LogP contribution in [0.5, 0.6) is 5.75 Å². The van der Waals surface area contributed by atoms with Gasteiger partial charge >= 0.3 is 141 Å². The van der Waals surface area contributed by atoms with Crippen LogP contribution in [0.3, 0.4) is 0 Å². The van der Waals surface area contributed by atoms with Crippen molar-refractivity contribution in [1.82, 2.24) is 0 Å². The van der Waals surface area contributed by atoms with Gasteiger partial charge in [-0.1, -0.05) is 0 Å². The fourth-order valence-electron chi connectivity index (χ4n) is 2.17. The van der Waals surface area contributed by atoms with Gasteiger partial charge in [0.25, 0.3) is 0 Å². The standard InChI is InChI=1S/C20H24IO3/c1-2-23-20(22)11-7-4-8-16-24-19-14-12-18(13-15-19)21-17-9-5-3-6-10-17/h3,5-6,9-10,12-15H,2,4,7-8,11,16H2,1H3/q-1. The molecule has 2 rings (SSSR count). The number of benzene rings is 2.